The second-order valence-electron chi connectivity index (χ2n) is 5.91. The minimum atomic E-state index is -0.111. The third kappa shape index (κ3) is 6.84. The van der Waals surface area contributed by atoms with E-state index in [-0.39, 0.29) is 18.4 Å². The van der Waals surface area contributed by atoms with Gasteiger partial charge in [0.25, 0.3) is 5.91 Å². The molecular formula is C20H24N2O4. The summed E-state index contributed by atoms with van der Waals surface area (Å²) in [5.74, 6) is 1.20. The normalized spacial score (nSPS) is 10.1. The maximum atomic E-state index is 12.0. The van der Waals surface area contributed by atoms with Gasteiger partial charge in [0.1, 0.15) is 11.5 Å². The number of carbonyl (C=O) groups excluding carboxylic acids is 2. The maximum Gasteiger partial charge on any atom is 0.259 e. The fraction of sp³-hybridized carbons (Fsp3) is 0.300. The number of carbonyl (C=O) groups is 2. The van der Waals surface area contributed by atoms with Crippen molar-refractivity contribution in [1.82, 2.24) is 4.90 Å². The number of anilines is 1. The van der Waals surface area contributed by atoms with Crippen molar-refractivity contribution in [1.29, 1.82) is 0 Å². The highest BCUT2D eigenvalue weighted by molar-refractivity contribution is 5.90. The van der Waals surface area contributed by atoms with E-state index >= 15 is 0 Å². The SMILES string of the molecule is CN(C)C(=O)COc1ccc(NC(=O)CCCOc2ccccc2)cc1. The first-order chi connectivity index (χ1) is 12.5. The quantitative estimate of drug-likeness (QED) is 0.702. The molecule has 0 saturated heterocycles. The highest BCUT2D eigenvalue weighted by Gasteiger charge is 2.06. The number of para-hydroxylation sites is 1. The van der Waals surface area contributed by atoms with Crippen LogP contribution in [0.3, 0.4) is 0 Å². The van der Waals surface area contributed by atoms with Crippen LogP contribution >= 0.6 is 0 Å². The zero-order valence-corrected chi connectivity index (χ0v) is 15.1. The molecule has 2 rings (SSSR count). The Morgan fingerprint density at radius 2 is 1.58 bits per heavy atom. The summed E-state index contributed by atoms with van der Waals surface area (Å²) in [6.07, 6.45) is 1.01. The van der Waals surface area contributed by atoms with E-state index in [1.807, 2.05) is 30.3 Å². The van der Waals surface area contributed by atoms with Crippen molar-refractivity contribution in [2.45, 2.75) is 12.8 Å². The summed E-state index contributed by atoms with van der Waals surface area (Å²) in [5.41, 5.74) is 0.685. The third-order valence-corrected chi connectivity index (χ3v) is 3.56. The smallest absolute Gasteiger partial charge is 0.259 e. The van der Waals surface area contributed by atoms with Crippen molar-refractivity contribution in [2.75, 3.05) is 32.6 Å². The largest absolute Gasteiger partial charge is 0.494 e. The van der Waals surface area contributed by atoms with E-state index in [2.05, 4.69) is 5.32 Å². The van der Waals surface area contributed by atoms with Crippen LogP contribution in [0.1, 0.15) is 12.8 Å². The van der Waals surface area contributed by atoms with E-state index in [1.54, 1.807) is 38.4 Å². The predicted molar refractivity (Wildman–Crippen MR) is 100 cm³/mol. The van der Waals surface area contributed by atoms with Crippen molar-refractivity contribution in [3.63, 3.8) is 0 Å². The molecule has 2 aromatic rings. The van der Waals surface area contributed by atoms with Crippen molar-refractivity contribution in [3.05, 3.63) is 54.6 Å². The first kappa shape index (κ1) is 19.3. The van der Waals surface area contributed by atoms with Crippen molar-refractivity contribution >= 4 is 17.5 Å². The lowest BCUT2D eigenvalue weighted by Gasteiger charge is -2.12. The fourth-order valence-corrected chi connectivity index (χ4v) is 2.07. The van der Waals surface area contributed by atoms with E-state index < -0.39 is 0 Å². The molecule has 0 fully saturated rings. The summed E-state index contributed by atoms with van der Waals surface area (Å²) in [5, 5.41) is 2.83. The lowest BCUT2D eigenvalue weighted by molar-refractivity contribution is -0.130. The molecule has 0 atom stereocenters. The van der Waals surface area contributed by atoms with Gasteiger partial charge < -0.3 is 19.7 Å². The van der Waals surface area contributed by atoms with Gasteiger partial charge in [-0.2, -0.15) is 0 Å². The van der Waals surface area contributed by atoms with Gasteiger partial charge in [-0.25, -0.2) is 0 Å². The number of amides is 2. The number of nitrogens with one attached hydrogen (secondary N) is 1. The molecule has 2 amide bonds. The number of ether oxygens (including phenoxy) is 2. The molecule has 0 radical (unpaired) electrons. The molecule has 0 aliphatic heterocycles. The maximum absolute atomic E-state index is 12.0. The molecule has 0 unspecified atom stereocenters. The highest BCUT2D eigenvalue weighted by atomic mass is 16.5. The summed E-state index contributed by atoms with van der Waals surface area (Å²) < 4.78 is 10.9. The van der Waals surface area contributed by atoms with Crippen LogP contribution in [0.25, 0.3) is 0 Å². The Labute approximate surface area is 153 Å². The van der Waals surface area contributed by atoms with Crippen LogP contribution in [0.2, 0.25) is 0 Å². The molecule has 1 N–H and O–H groups in total. The van der Waals surface area contributed by atoms with Gasteiger partial charge in [-0.1, -0.05) is 18.2 Å². The minimum absolute atomic E-state index is 0.0138. The van der Waals surface area contributed by atoms with E-state index in [0.29, 0.717) is 30.9 Å². The zero-order chi connectivity index (χ0) is 18.8. The Kier molecular flexibility index (Phi) is 7.49. The first-order valence-electron chi connectivity index (χ1n) is 8.45. The molecule has 6 nitrogen and oxygen atoms in total. The van der Waals surface area contributed by atoms with Gasteiger partial charge in [0.2, 0.25) is 5.91 Å². The molecular weight excluding hydrogens is 332 g/mol. The average molecular weight is 356 g/mol. The summed E-state index contributed by atoms with van der Waals surface area (Å²) in [6.45, 7) is 0.476. The Balaban J connectivity index is 1.67. The minimum Gasteiger partial charge on any atom is -0.494 e. The van der Waals surface area contributed by atoms with E-state index in [4.69, 9.17) is 9.47 Å². The van der Waals surface area contributed by atoms with Gasteiger partial charge in [-0.3, -0.25) is 9.59 Å². The van der Waals surface area contributed by atoms with Gasteiger partial charge in [0, 0.05) is 26.2 Å². The molecule has 6 heteroatoms. The standard InChI is InChI=1S/C20H24N2O4/c1-22(2)20(24)15-26-18-12-10-16(11-13-18)21-19(23)9-6-14-25-17-7-4-3-5-8-17/h3-5,7-8,10-13H,6,9,14-15H2,1-2H3,(H,21,23). The molecule has 2 aromatic carbocycles. The monoisotopic (exact) mass is 356 g/mol. The molecule has 0 spiro atoms. The Morgan fingerprint density at radius 3 is 2.23 bits per heavy atom. The van der Waals surface area contributed by atoms with E-state index in [0.717, 1.165) is 5.75 Å². The summed E-state index contributed by atoms with van der Waals surface area (Å²) in [4.78, 5) is 24.9. The van der Waals surface area contributed by atoms with Gasteiger partial charge in [0.15, 0.2) is 6.61 Å². The van der Waals surface area contributed by atoms with Crippen molar-refractivity contribution < 1.29 is 19.1 Å². The molecule has 0 aliphatic carbocycles. The molecule has 0 bridgehead atoms. The fourth-order valence-electron chi connectivity index (χ4n) is 2.07. The number of likely N-dealkylation sites (N-methyl/N-ethyl adjacent to an activating group) is 1. The molecule has 138 valence electrons. The molecule has 0 aromatic heterocycles. The van der Waals surface area contributed by atoms with Crippen LogP contribution in [-0.4, -0.2) is 44.0 Å². The van der Waals surface area contributed by atoms with Gasteiger partial charge >= 0.3 is 0 Å². The van der Waals surface area contributed by atoms with Crippen LogP contribution in [-0.2, 0) is 9.59 Å². The van der Waals surface area contributed by atoms with Crippen LogP contribution in [0, 0.1) is 0 Å². The Bertz CT molecular complexity index is 700. The number of hydrogen-bond acceptors (Lipinski definition) is 4. The van der Waals surface area contributed by atoms with Crippen LogP contribution in [0.5, 0.6) is 11.5 Å². The topological polar surface area (TPSA) is 67.9 Å². The van der Waals surface area contributed by atoms with Crippen molar-refractivity contribution in [2.24, 2.45) is 0 Å². The van der Waals surface area contributed by atoms with Crippen LogP contribution in [0.4, 0.5) is 5.69 Å². The summed E-state index contributed by atoms with van der Waals surface area (Å²) >= 11 is 0. The summed E-state index contributed by atoms with van der Waals surface area (Å²) in [6, 6.07) is 16.4. The van der Waals surface area contributed by atoms with E-state index in [1.165, 1.54) is 4.90 Å². The lowest BCUT2D eigenvalue weighted by atomic mass is 10.2. The van der Waals surface area contributed by atoms with Crippen LogP contribution in [0.15, 0.2) is 54.6 Å². The molecule has 26 heavy (non-hydrogen) atoms. The van der Waals surface area contributed by atoms with Crippen LogP contribution < -0.4 is 14.8 Å². The van der Waals surface area contributed by atoms with Crippen molar-refractivity contribution in [3.8, 4) is 11.5 Å². The number of nitrogens with zero attached hydrogens (tertiary/aromatic N) is 1. The second kappa shape index (κ2) is 10.1. The number of rotatable bonds is 9. The Hall–Kier alpha value is -3.02. The molecule has 0 heterocycles. The third-order valence-electron chi connectivity index (χ3n) is 3.56. The highest BCUT2D eigenvalue weighted by Crippen LogP contribution is 2.16. The van der Waals surface area contributed by atoms with Gasteiger partial charge in [0.05, 0.1) is 6.61 Å². The summed E-state index contributed by atoms with van der Waals surface area (Å²) in [7, 11) is 3.35. The lowest BCUT2D eigenvalue weighted by Crippen LogP contribution is -2.27. The first-order valence-corrected chi connectivity index (χ1v) is 8.45. The van der Waals surface area contributed by atoms with Gasteiger partial charge in [-0.05, 0) is 42.8 Å². The van der Waals surface area contributed by atoms with E-state index in [9.17, 15) is 9.59 Å². The molecule has 0 aliphatic rings. The zero-order valence-electron chi connectivity index (χ0n) is 15.1. The average Bonchev–Trinajstić information content (AvgIpc) is 2.65. The number of benzene rings is 2. The number of hydrogen-bond donors (Lipinski definition) is 1. The predicted octanol–water partition coefficient (Wildman–Crippen LogP) is 2.95. The Morgan fingerprint density at radius 1 is 0.923 bits per heavy atom. The molecule has 0 saturated carbocycles. The van der Waals surface area contributed by atoms with Gasteiger partial charge in [-0.15, -0.1) is 0 Å². The second-order valence-corrected chi connectivity index (χ2v) is 5.91.